The highest BCUT2D eigenvalue weighted by Gasteiger charge is 2.66. The van der Waals surface area contributed by atoms with E-state index in [1.165, 1.54) is 17.8 Å². The minimum absolute atomic E-state index is 0.0279. The Morgan fingerprint density at radius 3 is 2.42 bits per heavy atom. The van der Waals surface area contributed by atoms with E-state index in [-0.39, 0.29) is 57.1 Å². The molecule has 5 aromatic heterocycles. The van der Waals surface area contributed by atoms with Gasteiger partial charge in [0.05, 0.1) is 40.7 Å². The second kappa shape index (κ2) is 25.3. The van der Waals surface area contributed by atoms with Gasteiger partial charge >= 0.3 is 5.97 Å². The van der Waals surface area contributed by atoms with Crippen molar-refractivity contribution < 1.29 is 33.8 Å². The van der Waals surface area contributed by atoms with E-state index < -0.39 is 18.1 Å². The summed E-state index contributed by atoms with van der Waals surface area (Å²) in [7, 11) is 3.83. The molecule has 0 radical (unpaired) electrons. The lowest BCUT2D eigenvalue weighted by Crippen LogP contribution is -2.64. The van der Waals surface area contributed by atoms with Crippen molar-refractivity contribution in [2.24, 2.45) is 22.2 Å². The summed E-state index contributed by atoms with van der Waals surface area (Å²) in [6, 6.07) is 17.8. The second-order valence-electron chi connectivity index (χ2n) is 27.9. The average Bonchev–Trinajstić information content (AvgIpc) is 1.01. The molecule has 14 rings (SSSR count). The van der Waals surface area contributed by atoms with E-state index in [0.717, 1.165) is 146 Å². The number of carboxylic acids is 1. The van der Waals surface area contributed by atoms with Crippen LogP contribution < -0.4 is 25.6 Å². The van der Waals surface area contributed by atoms with Crippen molar-refractivity contribution in [2.75, 3.05) is 63.7 Å². The van der Waals surface area contributed by atoms with Crippen LogP contribution in [0.4, 0.5) is 22.6 Å². The number of fused-ring (bicyclic) bond motifs is 2. The average molecular weight is 1270 g/mol. The number of pyridine rings is 1. The fourth-order valence-electron chi connectivity index (χ4n) is 17.3. The molecule has 2 aliphatic heterocycles. The molecule has 22 heteroatoms. The number of nitrogens with one attached hydrogen (secondary N) is 3. The van der Waals surface area contributed by atoms with E-state index in [2.05, 4.69) is 57.6 Å². The number of ether oxygens (including phenoxy) is 2. The van der Waals surface area contributed by atoms with Gasteiger partial charge in [-0.2, -0.15) is 5.10 Å². The Hall–Kier alpha value is -7.24. The molecule has 4 N–H and O–H groups in total. The molecule has 2 aromatic carbocycles. The first-order chi connectivity index (χ1) is 43.8. The molecule has 4 bridgehead atoms. The number of nitrogens with zero attached hydrogens (tertiary/aromatic N) is 10. The number of carbonyl (C=O) groups is 4. The van der Waals surface area contributed by atoms with Gasteiger partial charge in [0, 0.05) is 71.6 Å². The van der Waals surface area contributed by atoms with Crippen LogP contribution in [0.15, 0.2) is 72.2 Å². The van der Waals surface area contributed by atoms with E-state index in [1.54, 1.807) is 42.8 Å². The number of para-hydroxylation sites is 1. The van der Waals surface area contributed by atoms with Crippen LogP contribution in [-0.4, -0.2) is 145 Å². The zero-order chi connectivity index (χ0) is 63.4. The first kappa shape index (κ1) is 62.6. The van der Waals surface area contributed by atoms with Crippen LogP contribution in [0.2, 0.25) is 0 Å². The fourth-order valence-corrected chi connectivity index (χ4v) is 19.1. The highest BCUT2D eigenvalue weighted by atomic mass is 32.1. The molecule has 5 atom stereocenters. The predicted molar refractivity (Wildman–Crippen MR) is 353 cm³/mol. The molecule has 20 nitrogen and oxygen atoms in total. The van der Waals surface area contributed by atoms with Crippen LogP contribution in [0.3, 0.4) is 0 Å². The summed E-state index contributed by atoms with van der Waals surface area (Å²) in [6.45, 7) is 15.1. The number of aromatic carboxylic acids is 1. The quantitative estimate of drug-likeness (QED) is 0.0436. The summed E-state index contributed by atoms with van der Waals surface area (Å²) < 4.78 is 16.6. The highest BCUT2D eigenvalue weighted by molar-refractivity contribution is 7.22. The third-order valence-electron chi connectivity index (χ3n) is 20.6. The largest absolute Gasteiger partial charge is 0.492 e. The van der Waals surface area contributed by atoms with Crippen molar-refractivity contribution in [3.63, 3.8) is 0 Å². The predicted octanol–water partition coefficient (Wildman–Crippen LogP) is 11.7. The summed E-state index contributed by atoms with van der Waals surface area (Å²) in [5, 5.41) is 37.9. The van der Waals surface area contributed by atoms with E-state index in [4.69, 9.17) is 34.6 Å². The number of thiazole rings is 2. The topological polar surface area (TPSA) is 235 Å². The molecule has 4 unspecified atom stereocenters. The maximum Gasteiger partial charge on any atom is 0.355 e. The number of hydrogen-bond donors (Lipinski definition) is 4. The minimum Gasteiger partial charge on any atom is -0.492 e. The van der Waals surface area contributed by atoms with Gasteiger partial charge in [0.2, 0.25) is 17.6 Å². The number of likely N-dealkylation sites (N-methyl/N-ethyl adjacent to an activating group) is 2. The molecular formula is C69H85N13O7S2. The normalized spacial score (nSPS) is 24.4. The number of aromatic nitrogens is 7. The zero-order valence-corrected chi connectivity index (χ0v) is 55.1. The first-order valence-electron chi connectivity index (χ1n) is 32.7. The van der Waals surface area contributed by atoms with Gasteiger partial charge in [-0.05, 0) is 170 Å². The summed E-state index contributed by atoms with van der Waals surface area (Å²) in [5.41, 5.74) is 5.88. The number of hydrogen-bond acceptors (Lipinski definition) is 18. The Morgan fingerprint density at radius 1 is 0.846 bits per heavy atom. The summed E-state index contributed by atoms with van der Waals surface area (Å²) >= 11 is 2.98. The third-order valence-corrected chi connectivity index (χ3v) is 22.5. The van der Waals surface area contributed by atoms with Crippen LogP contribution in [0.25, 0.3) is 21.3 Å². The van der Waals surface area contributed by atoms with Gasteiger partial charge in [-0.3, -0.25) is 19.1 Å². The van der Waals surface area contributed by atoms with Gasteiger partial charge in [0.25, 0.3) is 0 Å². The van der Waals surface area contributed by atoms with Crippen LogP contribution in [0, 0.1) is 36.0 Å². The Labute approximate surface area is 540 Å². The van der Waals surface area contributed by atoms with E-state index in [9.17, 15) is 24.3 Å². The first-order valence-corrected chi connectivity index (χ1v) is 34.4. The van der Waals surface area contributed by atoms with Crippen molar-refractivity contribution in [2.45, 2.75) is 161 Å². The maximum absolute atomic E-state index is 14.4. The standard InChI is InChI=1S/C69H85N13O7S2/c1-42-48-20-14-27-81(60(48)78-77-59(42)76-65-73-51-21-11-12-23-54(51)91-65)55-25-24-49(57(74-55)64(86)87)50-33-71-82(44(50)3)41-68-36-66(4)35-67(5,37-68)39-69(38-66,40-68)89-31-29-79(7)28-30-88-47-19-13-18-46(32-47)58(83)52-34-90-62(72-52)53-22-15-26-80(53)63(85)56(45-16-9-8-10-17-45)75-61(84)43(2)70-6/h11-13,18-19,21,23-25,32-34,43,45,53,56,70H,8-10,14-17,20,22,26-31,35-41H2,1-7H3,(H,75,84)(H,86,87)(H,73,76,77)/t43?,53-,56?,66?,67?,68?,69?/m0/s1. The Morgan fingerprint density at radius 2 is 1.64 bits per heavy atom. The summed E-state index contributed by atoms with van der Waals surface area (Å²) in [5.74, 6) is 1.01. The number of carboxylic acid groups (broad SMARTS) is 1. The van der Waals surface area contributed by atoms with Crippen LogP contribution in [0.5, 0.6) is 5.75 Å². The van der Waals surface area contributed by atoms with Gasteiger partial charge in [-0.1, -0.05) is 68.7 Å². The monoisotopic (exact) mass is 1270 g/mol. The molecule has 6 fully saturated rings. The molecular weight excluding hydrogens is 1190 g/mol. The Kier molecular flexibility index (Phi) is 17.4. The number of carbonyl (C=O) groups excluding carboxylic acids is 3. The zero-order valence-electron chi connectivity index (χ0n) is 53.5. The Balaban J connectivity index is 0.619. The lowest BCUT2D eigenvalue weighted by atomic mass is 9.39. The fraction of sp³-hybridized carbons (Fsp3) is 0.536. The van der Waals surface area contributed by atoms with Crippen LogP contribution in [-0.2, 0) is 27.3 Å². The number of ketones is 1. The second-order valence-corrected chi connectivity index (χ2v) is 29.8. The molecule has 7 aliphatic rings. The smallest absolute Gasteiger partial charge is 0.355 e. The van der Waals surface area contributed by atoms with Crippen molar-refractivity contribution in [1.29, 1.82) is 0 Å². The van der Waals surface area contributed by atoms with E-state index in [0.29, 0.717) is 72.9 Å². The van der Waals surface area contributed by atoms with Gasteiger partial charge in [0.15, 0.2) is 22.5 Å². The third kappa shape index (κ3) is 12.7. The molecule has 0 spiro atoms. The maximum atomic E-state index is 14.4. The van der Waals surface area contributed by atoms with Crippen molar-refractivity contribution in [3.05, 3.63) is 111 Å². The number of amides is 2. The van der Waals surface area contributed by atoms with Crippen molar-refractivity contribution in [3.8, 4) is 16.9 Å². The summed E-state index contributed by atoms with van der Waals surface area (Å²) in [6.07, 6.45) is 16.5. The van der Waals surface area contributed by atoms with Crippen molar-refractivity contribution >= 4 is 79.0 Å². The van der Waals surface area contributed by atoms with Crippen LogP contribution in [0.1, 0.15) is 165 Å². The molecule has 5 aliphatic carbocycles. The van der Waals surface area contributed by atoms with Gasteiger partial charge < -0.3 is 45.2 Å². The van der Waals surface area contributed by atoms with Crippen LogP contribution >= 0.6 is 22.7 Å². The lowest BCUT2D eigenvalue weighted by molar-refractivity contribution is -0.248. The molecule has 5 saturated carbocycles. The molecule has 2 amide bonds. The van der Waals surface area contributed by atoms with Crippen molar-refractivity contribution in [1.82, 2.24) is 55.4 Å². The van der Waals surface area contributed by atoms with E-state index in [1.807, 2.05) is 72.3 Å². The molecule has 7 aromatic rings. The summed E-state index contributed by atoms with van der Waals surface area (Å²) in [4.78, 5) is 75.2. The highest BCUT2D eigenvalue weighted by Crippen LogP contribution is 2.72. The Bertz CT molecular complexity index is 3840. The lowest BCUT2D eigenvalue weighted by Gasteiger charge is -2.69. The minimum atomic E-state index is -1.11. The molecule has 91 heavy (non-hydrogen) atoms. The number of likely N-dealkylation sites (tertiary alicyclic amines) is 1. The molecule has 480 valence electrons. The molecule has 7 heterocycles. The molecule has 1 saturated heterocycles. The number of benzene rings is 2. The van der Waals surface area contributed by atoms with E-state index >= 15 is 0 Å². The number of rotatable bonds is 23. The number of anilines is 4. The van der Waals surface area contributed by atoms with Gasteiger partial charge in [0.1, 0.15) is 34.9 Å². The van der Waals surface area contributed by atoms with Gasteiger partial charge in [-0.15, -0.1) is 21.5 Å². The van der Waals surface area contributed by atoms with Gasteiger partial charge in [-0.25, -0.2) is 19.7 Å². The SMILES string of the molecule is CNC(C)C(=O)NC(C(=O)N1CCC[C@H]1c1nc(C(=O)c2cccc(OCCN(C)CCOC34CC5(C)CC(C)(CC(Cn6ncc(-c7ccc(N8CCCc9c8nnc(Nc8nc%10ccccc%10s8)c9C)nc7C(=O)O)c6C)(C5)C3)C4)c2)cs1)C1CCCCC1.